The fourth-order valence-corrected chi connectivity index (χ4v) is 2.85. The minimum absolute atomic E-state index is 0.573. The standard InChI is InChI=1S/C12H19N5/c1-2-9(1)12(5-6-12)8-17-11(14-15-16-17)7-13-10-3-4-10/h9-10,13H,1-8H2. The zero-order chi connectivity index (χ0) is 11.3. The molecule has 1 aromatic heterocycles. The predicted molar refractivity (Wildman–Crippen MR) is 62.1 cm³/mol. The lowest BCUT2D eigenvalue weighted by molar-refractivity contribution is 0.338. The zero-order valence-electron chi connectivity index (χ0n) is 10.1. The summed E-state index contributed by atoms with van der Waals surface area (Å²) in [5.41, 5.74) is 0.573. The van der Waals surface area contributed by atoms with Crippen molar-refractivity contribution in [3.05, 3.63) is 5.82 Å². The van der Waals surface area contributed by atoms with Gasteiger partial charge in [0.25, 0.3) is 0 Å². The van der Waals surface area contributed by atoms with Gasteiger partial charge >= 0.3 is 0 Å². The van der Waals surface area contributed by atoms with Crippen LogP contribution < -0.4 is 5.32 Å². The number of tetrazole rings is 1. The Labute approximate surface area is 101 Å². The third-order valence-electron chi connectivity index (χ3n) is 4.53. The Bertz CT molecular complexity index is 414. The van der Waals surface area contributed by atoms with Crippen LogP contribution in [-0.4, -0.2) is 26.2 Å². The molecular weight excluding hydrogens is 214 g/mol. The first-order valence-electron chi connectivity index (χ1n) is 6.84. The number of rotatable bonds is 6. The first kappa shape index (κ1) is 10.00. The molecule has 0 atom stereocenters. The topological polar surface area (TPSA) is 55.6 Å². The zero-order valence-corrected chi connectivity index (χ0v) is 10.1. The molecule has 0 aromatic carbocycles. The van der Waals surface area contributed by atoms with E-state index in [9.17, 15) is 0 Å². The van der Waals surface area contributed by atoms with Crippen LogP contribution in [0.4, 0.5) is 0 Å². The fraction of sp³-hybridized carbons (Fsp3) is 0.917. The lowest BCUT2D eigenvalue weighted by atomic mass is 10.0. The van der Waals surface area contributed by atoms with E-state index in [2.05, 4.69) is 20.8 Å². The molecule has 0 radical (unpaired) electrons. The molecule has 3 fully saturated rings. The molecule has 1 N–H and O–H groups in total. The highest BCUT2D eigenvalue weighted by Crippen LogP contribution is 2.62. The number of nitrogens with zero attached hydrogens (tertiary/aromatic N) is 4. The van der Waals surface area contributed by atoms with Crippen molar-refractivity contribution in [1.29, 1.82) is 0 Å². The highest BCUT2D eigenvalue weighted by Gasteiger charge is 2.54. The molecule has 0 spiro atoms. The maximum atomic E-state index is 4.17. The van der Waals surface area contributed by atoms with E-state index in [-0.39, 0.29) is 0 Å². The molecule has 4 rings (SSSR count). The molecule has 0 amide bonds. The molecule has 1 aromatic rings. The summed E-state index contributed by atoms with van der Waals surface area (Å²) in [6, 6.07) is 0.721. The molecule has 0 aliphatic heterocycles. The summed E-state index contributed by atoms with van der Waals surface area (Å²) in [7, 11) is 0. The van der Waals surface area contributed by atoms with Crippen molar-refractivity contribution in [3.63, 3.8) is 0 Å². The van der Waals surface area contributed by atoms with Gasteiger partial charge in [0.15, 0.2) is 5.82 Å². The average Bonchev–Trinajstić information content (AvgIpc) is 3.19. The largest absolute Gasteiger partial charge is 0.307 e. The first-order valence-corrected chi connectivity index (χ1v) is 6.84. The van der Waals surface area contributed by atoms with Crippen LogP contribution in [0.2, 0.25) is 0 Å². The SMILES string of the molecule is C(NC1CC1)c1nnnn1CC1(C2CC2)CC1. The predicted octanol–water partition coefficient (Wildman–Crippen LogP) is 1.12. The maximum absolute atomic E-state index is 4.17. The Hall–Kier alpha value is -0.970. The van der Waals surface area contributed by atoms with Crippen LogP contribution in [0.5, 0.6) is 0 Å². The van der Waals surface area contributed by atoms with Crippen LogP contribution in [-0.2, 0) is 13.1 Å². The van der Waals surface area contributed by atoms with Crippen molar-refractivity contribution >= 4 is 0 Å². The molecule has 0 unspecified atom stereocenters. The van der Waals surface area contributed by atoms with Crippen molar-refractivity contribution in [1.82, 2.24) is 25.5 Å². The second-order valence-electron chi connectivity index (χ2n) is 6.04. The van der Waals surface area contributed by atoms with Crippen LogP contribution in [0, 0.1) is 11.3 Å². The minimum atomic E-state index is 0.573. The Morgan fingerprint density at radius 2 is 2.06 bits per heavy atom. The highest BCUT2D eigenvalue weighted by molar-refractivity contribution is 5.04. The van der Waals surface area contributed by atoms with Gasteiger partial charge in [0.1, 0.15) is 0 Å². The molecule has 3 aliphatic carbocycles. The monoisotopic (exact) mass is 233 g/mol. The Morgan fingerprint density at radius 3 is 2.71 bits per heavy atom. The van der Waals surface area contributed by atoms with E-state index in [0.29, 0.717) is 5.41 Å². The fourth-order valence-electron chi connectivity index (χ4n) is 2.85. The summed E-state index contributed by atoms with van der Waals surface area (Å²) in [5.74, 6) is 1.99. The van der Waals surface area contributed by atoms with Gasteiger partial charge in [0.2, 0.25) is 0 Å². The van der Waals surface area contributed by atoms with Gasteiger partial charge in [0, 0.05) is 6.04 Å². The minimum Gasteiger partial charge on any atom is -0.307 e. The lowest BCUT2D eigenvalue weighted by Crippen LogP contribution is -2.22. The molecule has 5 heteroatoms. The third kappa shape index (κ3) is 1.97. The van der Waals surface area contributed by atoms with E-state index in [1.807, 2.05) is 4.68 Å². The van der Waals surface area contributed by atoms with Crippen LogP contribution in [0.1, 0.15) is 44.3 Å². The number of hydrogen-bond acceptors (Lipinski definition) is 4. The normalized spacial score (nSPS) is 26.1. The van der Waals surface area contributed by atoms with Gasteiger partial charge < -0.3 is 5.32 Å². The lowest BCUT2D eigenvalue weighted by Gasteiger charge is -2.14. The molecule has 3 saturated carbocycles. The van der Waals surface area contributed by atoms with Crippen molar-refractivity contribution in [3.8, 4) is 0 Å². The molecule has 1 heterocycles. The molecule has 0 bridgehead atoms. The van der Waals surface area contributed by atoms with E-state index < -0.39 is 0 Å². The average molecular weight is 233 g/mol. The van der Waals surface area contributed by atoms with Gasteiger partial charge in [0.05, 0.1) is 13.1 Å². The summed E-state index contributed by atoms with van der Waals surface area (Å²) in [6.45, 7) is 1.88. The number of hydrogen-bond donors (Lipinski definition) is 1. The first-order chi connectivity index (χ1) is 8.36. The van der Waals surface area contributed by atoms with Gasteiger partial charge in [-0.05, 0) is 60.3 Å². The van der Waals surface area contributed by atoms with E-state index in [1.165, 1.54) is 38.5 Å². The number of nitrogens with one attached hydrogen (secondary N) is 1. The quantitative estimate of drug-likeness (QED) is 0.800. The van der Waals surface area contributed by atoms with E-state index in [0.717, 1.165) is 30.9 Å². The van der Waals surface area contributed by atoms with Crippen LogP contribution in [0.3, 0.4) is 0 Å². The van der Waals surface area contributed by atoms with E-state index in [4.69, 9.17) is 0 Å². The van der Waals surface area contributed by atoms with Gasteiger partial charge in [-0.1, -0.05) is 0 Å². The smallest absolute Gasteiger partial charge is 0.165 e. The van der Waals surface area contributed by atoms with Gasteiger partial charge in [-0.25, -0.2) is 4.68 Å². The maximum Gasteiger partial charge on any atom is 0.165 e. The van der Waals surface area contributed by atoms with Gasteiger partial charge in [-0.3, -0.25) is 0 Å². The summed E-state index contributed by atoms with van der Waals surface area (Å²) in [6.07, 6.45) is 8.25. The van der Waals surface area contributed by atoms with Crippen molar-refractivity contribution in [2.75, 3.05) is 0 Å². The second-order valence-corrected chi connectivity index (χ2v) is 6.04. The van der Waals surface area contributed by atoms with Crippen molar-refractivity contribution < 1.29 is 0 Å². The van der Waals surface area contributed by atoms with Crippen molar-refractivity contribution in [2.24, 2.45) is 11.3 Å². The second kappa shape index (κ2) is 3.51. The van der Waals surface area contributed by atoms with Gasteiger partial charge in [-0.2, -0.15) is 0 Å². The Kier molecular flexibility index (Phi) is 2.06. The molecular formula is C12H19N5. The molecule has 5 nitrogen and oxygen atoms in total. The molecule has 92 valence electrons. The van der Waals surface area contributed by atoms with Gasteiger partial charge in [-0.15, -0.1) is 5.10 Å². The Balaban J connectivity index is 1.43. The van der Waals surface area contributed by atoms with E-state index in [1.54, 1.807) is 0 Å². The summed E-state index contributed by atoms with van der Waals surface area (Å²) < 4.78 is 2.04. The molecule has 0 saturated heterocycles. The summed E-state index contributed by atoms with van der Waals surface area (Å²) in [5, 5.41) is 15.6. The molecule has 17 heavy (non-hydrogen) atoms. The third-order valence-corrected chi connectivity index (χ3v) is 4.53. The van der Waals surface area contributed by atoms with Crippen LogP contribution >= 0.6 is 0 Å². The Morgan fingerprint density at radius 1 is 1.24 bits per heavy atom. The molecule has 3 aliphatic rings. The van der Waals surface area contributed by atoms with Crippen LogP contribution in [0.15, 0.2) is 0 Å². The van der Waals surface area contributed by atoms with Crippen LogP contribution in [0.25, 0.3) is 0 Å². The summed E-state index contributed by atoms with van der Waals surface area (Å²) in [4.78, 5) is 0. The highest BCUT2D eigenvalue weighted by atomic mass is 15.5. The number of aromatic nitrogens is 4. The summed E-state index contributed by atoms with van der Waals surface area (Å²) >= 11 is 0. The van der Waals surface area contributed by atoms with Crippen molar-refractivity contribution in [2.45, 2.75) is 57.7 Å². The van der Waals surface area contributed by atoms with E-state index >= 15 is 0 Å².